The van der Waals surface area contributed by atoms with Gasteiger partial charge in [0.25, 0.3) is 0 Å². The van der Waals surface area contributed by atoms with E-state index < -0.39 is 0 Å². The Hall–Kier alpha value is -1.22. The zero-order chi connectivity index (χ0) is 12.0. The Kier molecular flexibility index (Phi) is 5.12. The van der Waals surface area contributed by atoms with Gasteiger partial charge in [-0.25, -0.2) is 0 Å². The number of hydrogen-bond acceptors (Lipinski definition) is 2. The zero-order valence-electron chi connectivity index (χ0n) is 9.24. The molecule has 0 saturated carbocycles. The molecule has 0 spiro atoms. The van der Waals surface area contributed by atoms with Crippen LogP contribution in [-0.4, -0.2) is 23.4 Å². The largest absolute Gasteiger partial charge is 0.508 e. The van der Waals surface area contributed by atoms with Crippen LogP contribution in [0.3, 0.4) is 0 Å². The van der Waals surface area contributed by atoms with Crippen molar-refractivity contribution < 1.29 is 9.90 Å². The summed E-state index contributed by atoms with van der Waals surface area (Å²) in [6.07, 6.45) is 0.196. The summed E-state index contributed by atoms with van der Waals surface area (Å²) < 4.78 is 0. The van der Waals surface area contributed by atoms with Crippen molar-refractivity contribution in [2.24, 2.45) is 5.92 Å². The van der Waals surface area contributed by atoms with Crippen molar-refractivity contribution in [1.82, 2.24) is 5.32 Å². The molecule has 0 saturated heterocycles. The number of phenolic OH excluding ortho intramolecular Hbond substituents is 1. The fourth-order valence-corrected chi connectivity index (χ4v) is 1.35. The molecule has 0 heterocycles. The maximum atomic E-state index is 11.5. The van der Waals surface area contributed by atoms with E-state index in [0.717, 1.165) is 0 Å². The molecule has 0 aliphatic carbocycles. The van der Waals surface area contributed by atoms with E-state index in [1.807, 2.05) is 6.92 Å². The predicted molar refractivity (Wildman–Crippen MR) is 64.7 cm³/mol. The smallest absolute Gasteiger partial charge is 0.224 e. The molecule has 1 atom stereocenters. The van der Waals surface area contributed by atoms with E-state index >= 15 is 0 Å². The normalized spacial score (nSPS) is 12.1. The van der Waals surface area contributed by atoms with Crippen LogP contribution >= 0.6 is 11.6 Å². The number of phenols is 1. The first-order chi connectivity index (χ1) is 7.63. The molecule has 0 fully saturated rings. The highest BCUT2D eigenvalue weighted by Gasteiger charge is 2.08. The summed E-state index contributed by atoms with van der Waals surface area (Å²) in [5.74, 6) is 0.841. The second-order valence-corrected chi connectivity index (χ2v) is 4.18. The zero-order valence-corrected chi connectivity index (χ0v) is 10.00. The minimum Gasteiger partial charge on any atom is -0.508 e. The van der Waals surface area contributed by atoms with Gasteiger partial charge in [-0.05, 0) is 12.0 Å². The van der Waals surface area contributed by atoms with Crippen molar-refractivity contribution in [2.45, 2.75) is 13.3 Å². The molecule has 0 aromatic heterocycles. The summed E-state index contributed by atoms with van der Waals surface area (Å²) in [5.41, 5.74) is 0.638. The summed E-state index contributed by atoms with van der Waals surface area (Å²) in [4.78, 5) is 11.5. The first kappa shape index (κ1) is 12.8. The lowest BCUT2D eigenvalue weighted by Gasteiger charge is -2.09. The number of aromatic hydroxyl groups is 1. The molecular formula is C12H16ClNO2. The maximum Gasteiger partial charge on any atom is 0.224 e. The van der Waals surface area contributed by atoms with Crippen molar-refractivity contribution in [2.75, 3.05) is 12.4 Å². The molecule has 1 unspecified atom stereocenters. The van der Waals surface area contributed by atoms with Crippen LogP contribution in [0.2, 0.25) is 0 Å². The minimum atomic E-state index is -0.0986. The van der Waals surface area contributed by atoms with E-state index in [2.05, 4.69) is 5.32 Å². The van der Waals surface area contributed by atoms with Crippen molar-refractivity contribution in [3.8, 4) is 5.75 Å². The molecule has 3 nitrogen and oxygen atoms in total. The van der Waals surface area contributed by atoms with Gasteiger partial charge in [0.05, 0.1) is 6.42 Å². The lowest BCUT2D eigenvalue weighted by Crippen LogP contribution is -2.30. The van der Waals surface area contributed by atoms with Gasteiger partial charge in [0.1, 0.15) is 5.75 Å². The molecule has 88 valence electrons. The molecule has 4 heteroatoms. The average Bonchev–Trinajstić information content (AvgIpc) is 2.29. The van der Waals surface area contributed by atoms with Crippen LogP contribution in [0.5, 0.6) is 5.75 Å². The predicted octanol–water partition coefficient (Wildman–Crippen LogP) is 1.93. The molecule has 1 rings (SSSR count). The third-order valence-electron chi connectivity index (χ3n) is 2.25. The third-order valence-corrected chi connectivity index (χ3v) is 2.78. The van der Waals surface area contributed by atoms with Gasteiger partial charge in [-0.2, -0.15) is 0 Å². The Bertz CT molecular complexity index is 355. The Morgan fingerprint density at radius 3 is 2.81 bits per heavy atom. The van der Waals surface area contributed by atoms with Crippen LogP contribution < -0.4 is 5.32 Å². The van der Waals surface area contributed by atoms with Gasteiger partial charge in [-0.3, -0.25) is 4.79 Å². The highest BCUT2D eigenvalue weighted by Crippen LogP contribution is 2.15. The van der Waals surface area contributed by atoms with Crippen LogP contribution in [0.1, 0.15) is 12.5 Å². The van der Waals surface area contributed by atoms with Gasteiger partial charge < -0.3 is 10.4 Å². The lowest BCUT2D eigenvalue weighted by molar-refractivity contribution is -0.120. The van der Waals surface area contributed by atoms with Crippen molar-refractivity contribution in [1.29, 1.82) is 0 Å². The van der Waals surface area contributed by atoms with E-state index in [1.165, 1.54) is 0 Å². The van der Waals surface area contributed by atoms with Crippen molar-refractivity contribution in [3.63, 3.8) is 0 Å². The van der Waals surface area contributed by atoms with Gasteiger partial charge >= 0.3 is 0 Å². The number of benzene rings is 1. The molecule has 1 amide bonds. The molecule has 1 aromatic rings. The van der Waals surface area contributed by atoms with Crippen LogP contribution in [0.4, 0.5) is 0 Å². The summed E-state index contributed by atoms with van der Waals surface area (Å²) in [5, 5.41) is 12.3. The second-order valence-electron chi connectivity index (χ2n) is 3.87. The van der Waals surface area contributed by atoms with Gasteiger partial charge in [-0.15, -0.1) is 11.6 Å². The summed E-state index contributed by atoms with van der Waals surface area (Å²) in [7, 11) is 0. The van der Waals surface area contributed by atoms with Gasteiger partial charge in [0.15, 0.2) is 0 Å². The topological polar surface area (TPSA) is 49.3 Å². The SMILES string of the molecule is CC(CCl)CNC(=O)Cc1ccccc1O. The summed E-state index contributed by atoms with van der Waals surface area (Å²) in [6.45, 7) is 2.53. The summed E-state index contributed by atoms with van der Waals surface area (Å²) in [6, 6.07) is 6.83. The van der Waals surface area contributed by atoms with E-state index in [4.69, 9.17) is 11.6 Å². The number of rotatable bonds is 5. The number of carbonyl (C=O) groups excluding carboxylic acids is 1. The number of para-hydroxylation sites is 1. The Labute approximate surface area is 100 Å². The average molecular weight is 242 g/mol. The van der Waals surface area contributed by atoms with E-state index in [0.29, 0.717) is 18.0 Å². The second kappa shape index (κ2) is 6.38. The third kappa shape index (κ3) is 4.11. The number of carbonyl (C=O) groups is 1. The number of halogens is 1. The van der Waals surface area contributed by atoms with E-state index in [9.17, 15) is 9.90 Å². The van der Waals surface area contributed by atoms with Gasteiger partial charge in [0.2, 0.25) is 5.91 Å². The maximum absolute atomic E-state index is 11.5. The van der Waals surface area contributed by atoms with Crippen LogP contribution in [-0.2, 0) is 11.2 Å². The standard InChI is InChI=1S/C12H16ClNO2/c1-9(7-13)8-14-12(16)6-10-4-2-3-5-11(10)15/h2-5,9,15H,6-8H2,1H3,(H,14,16). The highest BCUT2D eigenvalue weighted by molar-refractivity contribution is 6.18. The molecular weight excluding hydrogens is 226 g/mol. The molecule has 1 aromatic carbocycles. The van der Waals surface area contributed by atoms with Gasteiger partial charge in [0, 0.05) is 18.0 Å². The monoisotopic (exact) mass is 241 g/mol. The fraction of sp³-hybridized carbons (Fsp3) is 0.417. The Morgan fingerprint density at radius 1 is 1.50 bits per heavy atom. The van der Waals surface area contributed by atoms with E-state index in [-0.39, 0.29) is 24.0 Å². The molecule has 0 aliphatic rings. The molecule has 0 radical (unpaired) electrons. The Morgan fingerprint density at radius 2 is 2.19 bits per heavy atom. The minimum absolute atomic E-state index is 0.0986. The first-order valence-corrected chi connectivity index (χ1v) is 5.76. The number of amides is 1. The molecule has 0 bridgehead atoms. The number of nitrogens with one attached hydrogen (secondary N) is 1. The van der Waals surface area contributed by atoms with Crippen LogP contribution in [0.15, 0.2) is 24.3 Å². The van der Waals surface area contributed by atoms with Crippen LogP contribution in [0.25, 0.3) is 0 Å². The summed E-state index contributed by atoms with van der Waals surface area (Å²) >= 11 is 5.63. The quantitative estimate of drug-likeness (QED) is 0.774. The first-order valence-electron chi connectivity index (χ1n) is 5.23. The van der Waals surface area contributed by atoms with Crippen LogP contribution in [0, 0.1) is 5.92 Å². The van der Waals surface area contributed by atoms with Gasteiger partial charge in [-0.1, -0.05) is 25.1 Å². The molecule has 16 heavy (non-hydrogen) atoms. The molecule has 2 N–H and O–H groups in total. The van der Waals surface area contributed by atoms with Crippen molar-refractivity contribution in [3.05, 3.63) is 29.8 Å². The fourth-order valence-electron chi connectivity index (χ4n) is 1.24. The van der Waals surface area contributed by atoms with E-state index in [1.54, 1.807) is 24.3 Å². The number of hydrogen-bond donors (Lipinski definition) is 2. The number of alkyl halides is 1. The lowest BCUT2D eigenvalue weighted by atomic mass is 10.1. The molecule has 0 aliphatic heterocycles. The Balaban J connectivity index is 2.43. The van der Waals surface area contributed by atoms with Crippen molar-refractivity contribution >= 4 is 17.5 Å². The highest BCUT2D eigenvalue weighted by atomic mass is 35.5.